The summed E-state index contributed by atoms with van der Waals surface area (Å²) in [5.41, 5.74) is -5.53. The summed E-state index contributed by atoms with van der Waals surface area (Å²) in [4.78, 5) is 3.04. The van der Waals surface area contributed by atoms with Crippen molar-refractivity contribution in [3.63, 3.8) is 0 Å². The second-order valence-corrected chi connectivity index (χ2v) is 4.61. The lowest BCUT2D eigenvalue weighted by atomic mass is 10.2. The number of hydrogen-bond donors (Lipinski definition) is 1. The molecule has 2 rings (SSSR count). The molecule has 0 spiro atoms. The van der Waals surface area contributed by atoms with Crippen LogP contribution in [0.25, 0.3) is 10.8 Å². The maximum absolute atomic E-state index is 10.7. The highest BCUT2D eigenvalue weighted by molar-refractivity contribution is 7.86. The Labute approximate surface area is 124 Å². The first-order valence-corrected chi connectivity index (χ1v) is 6.04. The van der Waals surface area contributed by atoms with Crippen LogP contribution in [0.1, 0.15) is 0 Å². The van der Waals surface area contributed by atoms with Crippen LogP contribution in [0.4, 0.5) is 13.2 Å². The molecule has 0 saturated heterocycles. The molecule has 0 atom stereocenters. The SMILES string of the molecule is O=S(=O)(O)C(F)(F)F.[I-].c1ccc2c[nH+]ccc2c1. The lowest BCUT2D eigenvalue weighted by molar-refractivity contribution is -0.375. The van der Waals surface area contributed by atoms with E-state index in [2.05, 4.69) is 23.2 Å². The molecule has 2 aromatic rings. The summed E-state index contributed by atoms with van der Waals surface area (Å²) in [6.45, 7) is 0. The molecule has 1 heterocycles. The number of aromatic nitrogens is 1. The van der Waals surface area contributed by atoms with Gasteiger partial charge in [0.05, 0.1) is 0 Å². The third-order valence-corrected chi connectivity index (χ3v) is 2.47. The number of alkyl halides is 3. The topological polar surface area (TPSA) is 68.5 Å². The minimum Gasteiger partial charge on any atom is -1.00 e. The fraction of sp³-hybridized carbons (Fsp3) is 0.100. The van der Waals surface area contributed by atoms with Gasteiger partial charge in [-0.25, -0.2) is 4.98 Å². The van der Waals surface area contributed by atoms with E-state index in [0.717, 1.165) is 0 Å². The van der Waals surface area contributed by atoms with Crippen LogP contribution in [0, 0.1) is 0 Å². The third kappa shape index (κ3) is 5.70. The van der Waals surface area contributed by atoms with Crippen molar-refractivity contribution in [1.82, 2.24) is 0 Å². The number of halogens is 4. The van der Waals surface area contributed by atoms with Crippen LogP contribution < -0.4 is 29.0 Å². The zero-order chi connectivity index (χ0) is 13.8. The lowest BCUT2D eigenvalue weighted by Crippen LogP contribution is -3.00. The molecule has 1 aromatic carbocycles. The molecule has 0 aliphatic heterocycles. The number of nitrogens with one attached hydrogen (secondary N) is 1. The van der Waals surface area contributed by atoms with Gasteiger partial charge in [-0.05, 0) is 11.5 Å². The minimum atomic E-state index is -5.84. The lowest BCUT2D eigenvalue weighted by Gasteiger charge is -1.97. The van der Waals surface area contributed by atoms with Gasteiger partial charge in [-0.2, -0.15) is 21.6 Å². The summed E-state index contributed by atoms with van der Waals surface area (Å²) in [5, 5.41) is 2.53. The second-order valence-electron chi connectivity index (χ2n) is 3.19. The van der Waals surface area contributed by atoms with E-state index in [1.165, 1.54) is 10.8 Å². The zero-order valence-electron chi connectivity index (χ0n) is 9.23. The van der Waals surface area contributed by atoms with Crippen molar-refractivity contribution >= 4 is 20.9 Å². The van der Waals surface area contributed by atoms with Crippen molar-refractivity contribution < 1.29 is 55.1 Å². The van der Waals surface area contributed by atoms with Gasteiger partial charge in [0.25, 0.3) is 0 Å². The van der Waals surface area contributed by atoms with E-state index in [1.54, 1.807) is 0 Å². The van der Waals surface area contributed by atoms with Gasteiger partial charge in [0.2, 0.25) is 0 Å². The van der Waals surface area contributed by atoms with Crippen LogP contribution in [0.5, 0.6) is 0 Å². The summed E-state index contributed by atoms with van der Waals surface area (Å²) >= 11 is 0. The van der Waals surface area contributed by atoms with Crippen molar-refractivity contribution in [3.8, 4) is 0 Å². The van der Waals surface area contributed by atoms with E-state index in [0.29, 0.717) is 0 Å². The molecule has 0 amide bonds. The Morgan fingerprint density at radius 3 is 1.95 bits per heavy atom. The van der Waals surface area contributed by atoms with Crippen molar-refractivity contribution in [3.05, 3.63) is 42.7 Å². The molecule has 0 aliphatic rings. The molecule has 0 aliphatic carbocycles. The molecule has 19 heavy (non-hydrogen) atoms. The van der Waals surface area contributed by atoms with Crippen molar-refractivity contribution in [2.24, 2.45) is 0 Å². The Bertz CT molecular complexity index is 566. The summed E-state index contributed by atoms with van der Waals surface area (Å²) in [7, 11) is -5.84. The monoisotopic (exact) mass is 407 g/mol. The van der Waals surface area contributed by atoms with Crippen molar-refractivity contribution in [1.29, 1.82) is 0 Å². The van der Waals surface area contributed by atoms with Crippen LogP contribution >= 0.6 is 0 Å². The van der Waals surface area contributed by atoms with E-state index < -0.39 is 15.6 Å². The number of rotatable bonds is 0. The fourth-order valence-electron chi connectivity index (χ4n) is 1.07. The molecule has 0 bridgehead atoms. The predicted molar refractivity (Wildman–Crippen MR) is 58.1 cm³/mol. The number of hydrogen-bond acceptors (Lipinski definition) is 2. The van der Waals surface area contributed by atoms with Crippen LogP contribution in [-0.4, -0.2) is 18.5 Å². The summed E-state index contributed by atoms with van der Waals surface area (Å²) < 4.78 is 57.5. The molecule has 4 nitrogen and oxygen atoms in total. The molecule has 2 N–H and O–H groups in total. The zero-order valence-corrected chi connectivity index (χ0v) is 12.2. The predicted octanol–water partition coefficient (Wildman–Crippen LogP) is -0.948. The number of benzene rings is 1. The number of pyridine rings is 1. The van der Waals surface area contributed by atoms with E-state index in [-0.39, 0.29) is 24.0 Å². The van der Waals surface area contributed by atoms with Gasteiger partial charge in [-0.15, -0.1) is 0 Å². The van der Waals surface area contributed by atoms with E-state index in [1.807, 2.05) is 24.5 Å². The number of fused-ring (bicyclic) bond motifs is 1. The van der Waals surface area contributed by atoms with Crippen molar-refractivity contribution in [2.45, 2.75) is 5.51 Å². The summed E-state index contributed by atoms with van der Waals surface area (Å²) in [6.07, 6.45) is 3.93. The van der Waals surface area contributed by atoms with Gasteiger partial charge in [-0.1, -0.05) is 18.2 Å². The highest BCUT2D eigenvalue weighted by Gasteiger charge is 2.44. The standard InChI is InChI=1S/C9H7N.CHF3O3S.HI/c1-2-4-9-7-10-6-5-8(9)3-1;2-1(3,4)8(5,6)7;/h1-7H;(H,5,6,7);1H. The Morgan fingerprint density at radius 1 is 1.05 bits per heavy atom. The Kier molecular flexibility index (Phi) is 6.66. The van der Waals surface area contributed by atoms with Gasteiger partial charge in [0.15, 0.2) is 12.4 Å². The molecular formula is C10H9F3INO3S. The third-order valence-electron chi connectivity index (χ3n) is 1.89. The molecule has 9 heteroatoms. The smallest absolute Gasteiger partial charge is 0.522 e. The Hall–Kier alpha value is -0.940. The molecular weight excluding hydrogens is 398 g/mol. The van der Waals surface area contributed by atoms with Crippen LogP contribution in [0.15, 0.2) is 42.7 Å². The largest absolute Gasteiger partial charge is 1.00 e. The Morgan fingerprint density at radius 2 is 1.53 bits per heavy atom. The number of aromatic amines is 1. The van der Waals surface area contributed by atoms with Crippen LogP contribution in [-0.2, 0) is 10.1 Å². The van der Waals surface area contributed by atoms with Gasteiger partial charge in [0, 0.05) is 11.5 Å². The van der Waals surface area contributed by atoms with Crippen molar-refractivity contribution in [2.75, 3.05) is 0 Å². The summed E-state index contributed by atoms with van der Waals surface area (Å²) in [5.74, 6) is 0. The van der Waals surface area contributed by atoms with E-state index >= 15 is 0 Å². The Balaban J connectivity index is 0.000000335. The molecule has 1 aromatic heterocycles. The van der Waals surface area contributed by atoms with E-state index in [9.17, 15) is 13.2 Å². The molecule has 0 radical (unpaired) electrons. The number of H-pyrrole nitrogens is 1. The van der Waals surface area contributed by atoms with Gasteiger partial charge < -0.3 is 24.0 Å². The average Bonchev–Trinajstić information content (AvgIpc) is 2.27. The average molecular weight is 407 g/mol. The molecule has 0 saturated carbocycles. The highest BCUT2D eigenvalue weighted by Crippen LogP contribution is 2.20. The first kappa shape index (κ1) is 18.1. The first-order chi connectivity index (χ1) is 8.22. The van der Waals surface area contributed by atoms with Crippen LogP contribution in [0.3, 0.4) is 0 Å². The molecule has 0 fully saturated rings. The second kappa shape index (κ2) is 7.01. The van der Waals surface area contributed by atoms with Gasteiger partial charge in [0.1, 0.15) is 0 Å². The fourth-order valence-corrected chi connectivity index (χ4v) is 1.07. The van der Waals surface area contributed by atoms with Gasteiger partial charge >= 0.3 is 15.6 Å². The quantitative estimate of drug-likeness (QED) is 0.348. The van der Waals surface area contributed by atoms with E-state index in [4.69, 9.17) is 13.0 Å². The van der Waals surface area contributed by atoms with Gasteiger partial charge in [-0.3, -0.25) is 4.55 Å². The molecule has 106 valence electrons. The first-order valence-electron chi connectivity index (χ1n) is 4.60. The normalized spacial score (nSPS) is 11.2. The maximum Gasteiger partial charge on any atom is 0.522 e. The minimum absolute atomic E-state index is 0. The molecule has 0 unspecified atom stereocenters. The maximum atomic E-state index is 10.7. The summed E-state index contributed by atoms with van der Waals surface area (Å²) in [6, 6.07) is 10.3. The van der Waals surface area contributed by atoms with Crippen LogP contribution in [0.2, 0.25) is 0 Å². The highest BCUT2D eigenvalue weighted by atomic mass is 127.